The number of aromatic carboxylic acids is 1. The molecule has 3 rings (SSSR count). The Labute approximate surface area is 153 Å². The number of thiazole rings is 1. The zero-order valence-corrected chi connectivity index (χ0v) is 15.0. The number of carboxylic acids is 1. The van der Waals surface area contributed by atoms with E-state index in [2.05, 4.69) is 30.9 Å². The smallest absolute Gasteiger partial charge is 0.339 e. The van der Waals surface area contributed by atoms with Crippen molar-refractivity contribution in [2.24, 2.45) is 0 Å². The van der Waals surface area contributed by atoms with Crippen molar-refractivity contribution >= 4 is 44.8 Å². The second-order valence-corrected chi connectivity index (χ2v) is 6.48. The molecule has 0 radical (unpaired) electrons. The number of hydrogen-bond acceptors (Lipinski definition) is 5. The van der Waals surface area contributed by atoms with Gasteiger partial charge in [-0.1, -0.05) is 33.6 Å². The minimum absolute atomic E-state index is 0.0504. The summed E-state index contributed by atoms with van der Waals surface area (Å²) in [4.78, 5) is 24.4. The number of hydrogen-bond donors (Lipinski definition) is 1. The quantitative estimate of drug-likeness (QED) is 0.612. The van der Waals surface area contributed by atoms with Gasteiger partial charge in [0.25, 0.3) is 0 Å². The summed E-state index contributed by atoms with van der Waals surface area (Å²) in [5, 5.41) is 12.0. The third kappa shape index (κ3) is 3.17. The van der Waals surface area contributed by atoms with Gasteiger partial charge < -0.3 is 5.11 Å². The van der Waals surface area contributed by atoms with Crippen LogP contribution in [0.25, 0.3) is 22.1 Å². The molecule has 0 fully saturated rings. The number of alkyl halides is 1. The molecule has 0 aliphatic rings. The molecule has 0 aliphatic heterocycles. The average Bonchev–Trinajstić information content (AvgIpc) is 3.10. The van der Waals surface area contributed by atoms with Gasteiger partial charge in [0.05, 0.1) is 16.4 Å². The molecule has 24 heavy (non-hydrogen) atoms. The predicted octanol–water partition coefficient (Wildman–Crippen LogP) is 4.65. The zero-order valence-electron chi connectivity index (χ0n) is 11.8. The number of halogens is 3. The first-order valence-corrected chi connectivity index (χ1v) is 8.94. The number of benzene rings is 1. The maximum absolute atomic E-state index is 13.8. The third-order valence-corrected chi connectivity index (χ3v) is 4.75. The lowest BCUT2D eigenvalue weighted by molar-refractivity contribution is 0.0696. The lowest BCUT2D eigenvalue weighted by atomic mass is 10.0. The summed E-state index contributed by atoms with van der Waals surface area (Å²) in [6.07, 6.45) is 1.60. The molecule has 2 heterocycles. The normalized spacial score (nSPS) is 10.8. The van der Waals surface area contributed by atoms with E-state index in [1.165, 1.54) is 23.5 Å². The first kappa shape index (κ1) is 16.9. The van der Waals surface area contributed by atoms with Crippen molar-refractivity contribution in [1.82, 2.24) is 15.0 Å². The Morgan fingerprint density at radius 2 is 2.17 bits per heavy atom. The Kier molecular flexibility index (Phi) is 4.88. The number of carbonyl (C=O) groups is 1. The molecule has 0 aliphatic carbocycles. The molecule has 9 heteroatoms. The highest BCUT2D eigenvalue weighted by Crippen LogP contribution is 2.30. The molecule has 0 saturated heterocycles. The fraction of sp³-hybridized carbons (Fsp3) is 0.0667. The van der Waals surface area contributed by atoms with E-state index in [4.69, 9.17) is 11.6 Å². The highest BCUT2D eigenvalue weighted by atomic mass is 79.9. The van der Waals surface area contributed by atoms with Crippen LogP contribution in [0, 0.1) is 5.82 Å². The van der Waals surface area contributed by atoms with Gasteiger partial charge in [-0.05, 0) is 12.1 Å². The molecule has 0 atom stereocenters. The molecule has 0 unspecified atom stereocenters. The number of rotatable bonds is 4. The summed E-state index contributed by atoms with van der Waals surface area (Å²) < 4.78 is 13.8. The third-order valence-electron chi connectivity index (χ3n) is 3.14. The second kappa shape index (κ2) is 6.92. The summed E-state index contributed by atoms with van der Waals surface area (Å²) in [5.74, 6) is -1.56. The number of carboxylic acid groups (broad SMARTS) is 1. The van der Waals surface area contributed by atoms with Crippen molar-refractivity contribution < 1.29 is 14.3 Å². The van der Waals surface area contributed by atoms with E-state index in [-0.39, 0.29) is 33.1 Å². The number of nitrogens with zero attached hydrogens (tertiary/aromatic N) is 3. The van der Waals surface area contributed by atoms with Gasteiger partial charge in [-0.2, -0.15) is 0 Å². The molecule has 0 saturated carbocycles. The van der Waals surface area contributed by atoms with Gasteiger partial charge >= 0.3 is 5.97 Å². The Morgan fingerprint density at radius 1 is 1.38 bits per heavy atom. The minimum atomic E-state index is -1.19. The maximum Gasteiger partial charge on any atom is 0.339 e. The first-order valence-electron chi connectivity index (χ1n) is 6.56. The molecule has 5 nitrogen and oxygen atoms in total. The lowest BCUT2D eigenvalue weighted by Crippen LogP contribution is -2.10. The van der Waals surface area contributed by atoms with E-state index in [1.807, 2.05) is 0 Å². The SMILES string of the molecule is O=C(O)c1c(CBr)nc(-c2nccs2)nc1-c1ccc(Cl)c(F)c1. The fourth-order valence-electron chi connectivity index (χ4n) is 2.11. The van der Waals surface area contributed by atoms with Crippen LogP contribution < -0.4 is 0 Å². The van der Waals surface area contributed by atoms with E-state index in [1.54, 1.807) is 11.6 Å². The summed E-state index contributed by atoms with van der Waals surface area (Å²) in [5.41, 5.74) is 0.617. The maximum atomic E-state index is 13.8. The van der Waals surface area contributed by atoms with Crippen molar-refractivity contribution in [1.29, 1.82) is 0 Å². The molecule has 1 N–H and O–H groups in total. The standard InChI is InChI=1S/C15H8BrClFN3O2S/c16-6-10-11(15(22)23)12(7-1-2-8(17)9(18)5-7)21-13(20-10)14-19-3-4-24-14/h1-5H,6H2,(H,22,23). The summed E-state index contributed by atoms with van der Waals surface area (Å²) in [6, 6.07) is 4.03. The summed E-state index contributed by atoms with van der Waals surface area (Å²) in [7, 11) is 0. The van der Waals surface area contributed by atoms with Gasteiger partial charge in [-0.25, -0.2) is 24.1 Å². The molecule has 0 spiro atoms. The predicted molar refractivity (Wildman–Crippen MR) is 93.1 cm³/mol. The Bertz CT molecular complexity index is 921. The van der Waals surface area contributed by atoms with Crippen LogP contribution in [-0.2, 0) is 5.33 Å². The Hall–Kier alpha value is -1.90. The largest absolute Gasteiger partial charge is 0.478 e. The van der Waals surface area contributed by atoms with Crippen LogP contribution >= 0.6 is 38.9 Å². The van der Waals surface area contributed by atoms with E-state index in [9.17, 15) is 14.3 Å². The van der Waals surface area contributed by atoms with Crippen LogP contribution in [0.3, 0.4) is 0 Å². The number of aromatic nitrogens is 3. The van der Waals surface area contributed by atoms with Crippen LogP contribution in [0.15, 0.2) is 29.8 Å². The fourth-order valence-corrected chi connectivity index (χ4v) is 3.20. The van der Waals surface area contributed by atoms with Crippen LogP contribution in [0.4, 0.5) is 4.39 Å². The van der Waals surface area contributed by atoms with Crippen molar-refractivity contribution in [3.8, 4) is 22.1 Å². The van der Waals surface area contributed by atoms with E-state index in [0.717, 1.165) is 6.07 Å². The molecule has 122 valence electrons. The first-order chi connectivity index (χ1) is 11.5. The molecular weight excluding hydrogens is 421 g/mol. The summed E-state index contributed by atoms with van der Waals surface area (Å²) in [6.45, 7) is 0. The van der Waals surface area contributed by atoms with Crippen molar-refractivity contribution in [2.75, 3.05) is 0 Å². The average molecular weight is 429 g/mol. The lowest BCUT2D eigenvalue weighted by Gasteiger charge is -2.11. The Morgan fingerprint density at radius 3 is 2.75 bits per heavy atom. The van der Waals surface area contributed by atoms with Crippen LogP contribution in [0.1, 0.15) is 16.1 Å². The molecule has 2 aromatic heterocycles. The topological polar surface area (TPSA) is 76.0 Å². The van der Waals surface area contributed by atoms with Gasteiger partial charge in [0, 0.05) is 22.5 Å². The summed E-state index contributed by atoms with van der Waals surface area (Å²) >= 11 is 10.3. The molecular formula is C15H8BrClFN3O2S. The van der Waals surface area contributed by atoms with Crippen molar-refractivity contribution in [3.63, 3.8) is 0 Å². The van der Waals surface area contributed by atoms with Crippen molar-refractivity contribution in [2.45, 2.75) is 5.33 Å². The molecule has 0 amide bonds. The van der Waals surface area contributed by atoms with Gasteiger partial charge in [0.2, 0.25) is 0 Å². The molecule has 3 aromatic rings. The van der Waals surface area contributed by atoms with Crippen LogP contribution in [0.2, 0.25) is 5.02 Å². The van der Waals surface area contributed by atoms with Crippen molar-refractivity contribution in [3.05, 3.63) is 51.9 Å². The highest BCUT2D eigenvalue weighted by Gasteiger charge is 2.22. The minimum Gasteiger partial charge on any atom is -0.478 e. The molecule has 0 bridgehead atoms. The van der Waals surface area contributed by atoms with Crippen LogP contribution in [0.5, 0.6) is 0 Å². The second-order valence-electron chi connectivity index (χ2n) is 4.62. The Balaban J connectivity index is 2.30. The van der Waals surface area contributed by atoms with Gasteiger partial charge in [-0.15, -0.1) is 11.3 Å². The van der Waals surface area contributed by atoms with E-state index in [0.29, 0.717) is 10.6 Å². The van der Waals surface area contributed by atoms with Gasteiger partial charge in [-0.3, -0.25) is 0 Å². The van der Waals surface area contributed by atoms with Gasteiger partial charge in [0.15, 0.2) is 10.8 Å². The highest BCUT2D eigenvalue weighted by molar-refractivity contribution is 9.08. The van der Waals surface area contributed by atoms with E-state index >= 15 is 0 Å². The molecule has 1 aromatic carbocycles. The monoisotopic (exact) mass is 427 g/mol. The zero-order chi connectivity index (χ0) is 17.3. The van der Waals surface area contributed by atoms with E-state index < -0.39 is 11.8 Å². The van der Waals surface area contributed by atoms with Crippen LogP contribution in [-0.4, -0.2) is 26.0 Å². The van der Waals surface area contributed by atoms with Gasteiger partial charge in [0.1, 0.15) is 11.4 Å².